The number of benzene rings is 2. The third-order valence-corrected chi connectivity index (χ3v) is 3.01. The van der Waals surface area contributed by atoms with Crippen LogP contribution in [0.5, 0.6) is 0 Å². The number of aromatic carboxylic acids is 1. The van der Waals surface area contributed by atoms with Crippen LogP contribution in [0.3, 0.4) is 0 Å². The van der Waals surface area contributed by atoms with E-state index in [1.54, 1.807) is 12.1 Å². The van der Waals surface area contributed by atoms with Crippen molar-refractivity contribution >= 4 is 11.9 Å². The molecule has 0 saturated carbocycles. The van der Waals surface area contributed by atoms with Gasteiger partial charge in [-0.25, -0.2) is 9.59 Å². The molecule has 0 saturated heterocycles. The monoisotopic (exact) mass is 270 g/mol. The van der Waals surface area contributed by atoms with Crippen LogP contribution in [-0.2, 0) is 11.2 Å². The quantitative estimate of drug-likeness (QED) is 0.868. The first-order valence-electron chi connectivity index (χ1n) is 6.11. The molecule has 0 amide bonds. The molecule has 1 N–H and O–H groups in total. The van der Waals surface area contributed by atoms with E-state index in [2.05, 4.69) is 4.74 Å². The van der Waals surface area contributed by atoms with Gasteiger partial charge in [0.15, 0.2) is 0 Å². The average Bonchev–Trinajstić information content (AvgIpc) is 2.47. The van der Waals surface area contributed by atoms with E-state index in [1.807, 2.05) is 30.3 Å². The fourth-order valence-corrected chi connectivity index (χ4v) is 2.10. The molecule has 2 aromatic rings. The van der Waals surface area contributed by atoms with Crippen LogP contribution in [0.15, 0.2) is 48.5 Å². The molecule has 0 fully saturated rings. The van der Waals surface area contributed by atoms with Crippen molar-refractivity contribution in [1.29, 1.82) is 0 Å². The van der Waals surface area contributed by atoms with E-state index < -0.39 is 11.9 Å². The number of esters is 1. The highest BCUT2D eigenvalue weighted by Crippen LogP contribution is 2.19. The van der Waals surface area contributed by atoms with Crippen LogP contribution in [0, 0.1) is 0 Å². The Morgan fingerprint density at radius 1 is 1.05 bits per heavy atom. The van der Waals surface area contributed by atoms with Crippen molar-refractivity contribution in [1.82, 2.24) is 0 Å². The molecule has 0 aliphatic carbocycles. The molecule has 2 rings (SSSR count). The highest BCUT2D eigenvalue weighted by molar-refractivity contribution is 6.03. The van der Waals surface area contributed by atoms with E-state index in [-0.39, 0.29) is 11.1 Å². The SMILES string of the molecule is COC(=O)c1cccc(Cc2ccccc2)c1C(=O)O. The minimum absolute atomic E-state index is 0.00297. The second-order valence-corrected chi connectivity index (χ2v) is 4.30. The molecule has 20 heavy (non-hydrogen) atoms. The third-order valence-electron chi connectivity index (χ3n) is 3.01. The second kappa shape index (κ2) is 6.02. The summed E-state index contributed by atoms with van der Waals surface area (Å²) in [7, 11) is 1.23. The summed E-state index contributed by atoms with van der Waals surface area (Å²) < 4.78 is 4.63. The largest absolute Gasteiger partial charge is 0.478 e. The van der Waals surface area contributed by atoms with Crippen LogP contribution in [0.2, 0.25) is 0 Å². The van der Waals surface area contributed by atoms with E-state index in [0.29, 0.717) is 12.0 Å². The van der Waals surface area contributed by atoms with Gasteiger partial charge in [0, 0.05) is 0 Å². The number of hydrogen-bond donors (Lipinski definition) is 1. The maximum absolute atomic E-state index is 11.7. The Morgan fingerprint density at radius 3 is 2.35 bits per heavy atom. The first-order chi connectivity index (χ1) is 9.63. The number of methoxy groups -OCH3 is 1. The van der Waals surface area contributed by atoms with Gasteiger partial charge >= 0.3 is 11.9 Å². The molecule has 0 spiro atoms. The van der Waals surface area contributed by atoms with E-state index >= 15 is 0 Å². The van der Waals surface area contributed by atoms with Crippen molar-refractivity contribution in [3.8, 4) is 0 Å². The van der Waals surface area contributed by atoms with Crippen molar-refractivity contribution in [2.75, 3.05) is 7.11 Å². The number of hydrogen-bond acceptors (Lipinski definition) is 3. The Morgan fingerprint density at radius 2 is 1.75 bits per heavy atom. The Bertz CT molecular complexity index is 632. The number of ether oxygens (including phenoxy) is 1. The van der Waals surface area contributed by atoms with Gasteiger partial charge in [-0.3, -0.25) is 0 Å². The minimum Gasteiger partial charge on any atom is -0.478 e. The Balaban J connectivity index is 2.48. The predicted octanol–water partition coefficient (Wildman–Crippen LogP) is 2.76. The molecule has 0 radical (unpaired) electrons. The minimum atomic E-state index is -1.13. The maximum Gasteiger partial charge on any atom is 0.338 e. The van der Waals surface area contributed by atoms with Crippen molar-refractivity contribution in [3.05, 3.63) is 70.8 Å². The highest BCUT2D eigenvalue weighted by atomic mass is 16.5. The van der Waals surface area contributed by atoms with Gasteiger partial charge in [0.2, 0.25) is 0 Å². The standard InChI is InChI=1S/C16H14O4/c1-20-16(19)13-9-5-8-12(14(13)15(17)18)10-11-6-3-2-4-7-11/h2-9H,10H2,1H3,(H,17,18). The van der Waals surface area contributed by atoms with E-state index in [4.69, 9.17) is 0 Å². The molecule has 4 nitrogen and oxygen atoms in total. The van der Waals surface area contributed by atoms with E-state index in [9.17, 15) is 14.7 Å². The van der Waals surface area contributed by atoms with Crippen molar-refractivity contribution in [2.24, 2.45) is 0 Å². The summed E-state index contributed by atoms with van der Waals surface area (Å²) in [5.74, 6) is -1.77. The molecule has 2 aromatic carbocycles. The highest BCUT2D eigenvalue weighted by Gasteiger charge is 2.20. The third kappa shape index (κ3) is 2.85. The van der Waals surface area contributed by atoms with Gasteiger partial charge in [-0.05, 0) is 23.6 Å². The molecule has 0 aromatic heterocycles. The van der Waals surface area contributed by atoms with Gasteiger partial charge in [0.1, 0.15) is 0 Å². The number of carbonyl (C=O) groups is 2. The van der Waals surface area contributed by atoms with Gasteiger partial charge in [0.25, 0.3) is 0 Å². The lowest BCUT2D eigenvalue weighted by molar-refractivity contribution is 0.0582. The fraction of sp³-hybridized carbons (Fsp3) is 0.125. The topological polar surface area (TPSA) is 63.6 Å². The average molecular weight is 270 g/mol. The molecule has 0 aliphatic rings. The zero-order valence-electron chi connectivity index (χ0n) is 11.0. The summed E-state index contributed by atoms with van der Waals surface area (Å²) in [6, 6.07) is 14.3. The smallest absolute Gasteiger partial charge is 0.338 e. The van der Waals surface area contributed by atoms with Crippen molar-refractivity contribution in [2.45, 2.75) is 6.42 Å². The molecule has 102 valence electrons. The van der Waals surface area contributed by atoms with Crippen LogP contribution >= 0.6 is 0 Å². The van der Waals surface area contributed by atoms with Gasteiger partial charge in [0.05, 0.1) is 18.2 Å². The number of carboxylic acid groups (broad SMARTS) is 1. The van der Waals surface area contributed by atoms with E-state index in [1.165, 1.54) is 13.2 Å². The van der Waals surface area contributed by atoms with Crippen molar-refractivity contribution in [3.63, 3.8) is 0 Å². The first-order valence-corrected chi connectivity index (χ1v) is 6.11. The van der Waals surface area contributed by atoms with Crippen LogP contribution in [0.1, 0.15) is 31.8 Å². The van der Waals surface area contributed by atoms with Gasteiger partial charge in [-0.1, -0.05) is 42.5 Å². The zero-order chi connectivity index (χ0) is 14.5. The zero-order valence-corrected chi connectivity index (χ0v) is 11.0. The number of carbonyl (C=O) groups excluding carboxylic acids is 1. The molecule has 0 heterocycles. The summed E-state index contributed by atoms with van der Waals surface area (Å²) in [6.45, 7) is 0. The Hall–Kier alpha value is -2.62. The van der Waals surface area contributed by atoms with Gasteiger partial charge < -0.3 is 9.84 Å². The fourth-order valence-electron chi connectivity index (χ4n) is 2.10. The molecule has 0 aliphatic heterocycles. The lowest BCUT2D eigenvalue weighted by Gasteiger charge is -2.10. The summed E-state index contributed by atoms with van der Waals surface area (Å²) in [5, 5.41) is 9.36. The predicted molar refractivity (Wildman–Crippen MR) is 74.0 cm³/mol. The normalized spacial score (nSPS) is 10.1. The molecular weight excluding hydrogens is 256 g/mol. The lowest BCUT2D eigenvalue weighted by atomic mass is 9.95. The Kier molecular flexibility index (Phi) is 4.15. The van der Waals surface area contributed by atoms with Crippen LogP contribution in [-0.4, -0.2) is 24.2 Å². The summed E-state index contributed by atoms with van der Waals surface area (Å²) in [4.78, 5) is 23.1. The summed E-state index contributed by atoms with van der Waals surface area (Å²) >= 11 is 0. The lowest BCUT2D eigenvalue weighted by Crippen LogP contribution is -2.13. The van der Waals surface area contributed by atoms with Gasteiger partial charge in [-0.2, -0.15) is 0 Å². The molecule has 0 bridgehead atoms. The van der Waals surface area contributed by atoms with Crippen LogP contribution < -0.4 is 0 Å². The van der Waals surface area contributed by atoms with E-state index in [0.717, 1.165) is 5.56 Å². The molecule has 4 heteroatoms. The maximum atomic E-state index is 11.7. The molecular formula is C16H14O4. The summed E-state index contributed by atoms with van der Waals surface area (Å²) in [6.07, 6.45) is 0.452. The summed E-state index contributed by atoms with van der Waals surface area (Å²) in [5.41, 5.74) is 1.65. The number of rotatable bonds is 4. The van der Waals surface area contributed by atoms with Crippen LogP contribution in [0.4, 0.5) is 0 Å². The Labute approximate surface area is 116 Å². The van der Waals surface area contributed by atoms with Crippen LogP contribution in [0.25, 0.3) is 0 Å². The first kappa shape index (κ1) is 13.8. The number of carboxylic acids is 1. The van der Waals surface area contributed by atoms with Gasteiger partial charge in [-0.15, -0.1) is 0 Å². The molecule has 0 atom stereocenters. The van der Waals surface area contributed by atoms with Crippen molar-refractivity contribution < 1.29 is 19.4 Å². The molecule has 0 unspecified atom stereocenters. The second-order valence-electron chi connectivity index (χ2n) is 4.30.